The summed E-state index contributed by atoms with van der Waals surface area (Å²) in [4.78, 5) is 16.4. The Bertz CT molecular complexity index is 439. The van der Waals surface area contributed by atoms with E-state index in [1.807, 2.05) is 12.1 Å². The van der Waals surface area contributed by atoms with Crippen LogP contribution in [-0.4, -0.2) is 23.5 Å². The van der Waals surface area contributed by atoms with E-state index in [0.29, 0.717) is 11.7 Å². The Hall–Kier alpha value is -1.58. The highest BCUT2D eigenvalue weighted by molar-refractivity contribution is 5.93. The van der Waals surface area contributed by atoms with Crippen LogP contribution >= 0.6 is 0 Å². The van der Waals surface area contributed by atoms with Gasteiger partial charge in [-0.25, -0.2) is 0 Å². The monoisotopic (exact) mass is 275 g/mol. The molecular weight excluding hydrogens is 250 g/mol. The number of nitrogens with zero attached hydrogens (tertiary/aromatic N) is 1. The van der Waals surface area contributed by atoms with Crippen molar-refractivity contribution in [3.05, 3.63) is 24.0 Å². The minimum absolute atomic E-state index is 0.0512. The molecule has 1 aromatic heterocycles. The van der Waals surface area contributed by atoms with E-state index in [-0.39, 0.29) is 5.91 Å². The van der Waals surface area contributed by atoms with Crippen molar-refractivity contribution in [1.82, 2.24) is 10.3 Å². The molecule has 2 N–H and O–H groups in total. The highest BCUT2D eigenvalue weighted by Gasteiger charge is 2.20. The Labute approximate surface area is 121 Å². The van der Waals surface area contributed by atoms with Gasteiger partial charge >= 0.3 is 0 Å². The molecule has 0 bridgehead atoms. The Morgan fingerprint density at radius 1 is 1.35 bits per heavy atom. The maximum atomic E-state index is 12.2. The molecule has 1 amide bonds. The van der Waals surface area contributed by atoms with Crippen LogP contribution in [-0.2, 0) is 0 Å². The van der Waals surface area contributed by atoms with Crippen molar-refractivity contribution in [2.24, 2.45) is 5.92 Å². The number of carbonyl (C=O) groups excluding carboxylic acids is 1. The molecule has 0 saturated heterocycles. The smallest absolute Gasteiger partial charge is 0.270 e. The standard InChI is InChI=1S/C16H25N3O/c1-3-9-17-14-8-10-18-15(11-14)16(20)19-13-6-4-12(2)5-7-13/h8,10-13H,3-7,9H2,1-2H3,(H,17,18)(H,19,20). The van der Waals surface area contributed by atoms with Gasteiger partial charge in [-0.15, -0.1) is 0 Å². The molecule has 4 nitrogen and oxygen atoms in total. The first kappa shape index (κ1) is 14.8. The van der Waals surface area contributed by atoms with E-state index >= 15 is 0 Å². The van der Waals surface area contributed by atoms with Crippen LogP contribution in [0.1, 0.15) is 56.4 Å². The van der Waals surface area contributed by atoms with Crippen LogP contribution in [0.25, 0.3) is 0 Å². The molecule has 0 atom stereocenters. The molecule has 0 aromatic carbocycles. The fourth-order valence-corrected chi connectivity index (χ4v) is 2.60. The van der Waals surface area contributed by atoms with Crippen LogP contribution in [0.2, 0.25) is 0 Å². The molecule has 1 fully saturated rings. The topological polar surface area (TPSA) is 54.0 Å². The number of nitrogens with one attached hydrogen (secondary N) is 2. The molecule has 0 unspecified atom stereocenters. The van der Waals surface area contributed by atoms with Crippen LogP contribution in [0, 0.1) is 5.92 Å². The van der Waals surface area contributed by atoms with Crippen molar-refractivity contribution >= 4 is 11.6 Å². The van der Waals surface area contributed by atoms with Gasteiger partial charge in [0.2, 0.25) is 0 Å². The zero-order valence-electron chi connectivity index (χ0n) is 12.5. The van der Waals surface area contributed by atoms with Crippen molar-refractivity contribution < 1.29 is 4.79 Å². The van der Waals surface area contributed by atoms with E-state index in [1.54, 1.807) is 6.20 Å². The molecule has 1 aliphatic rings. The van der Waals surface area contributed by atoms with Crippen molar-refractivity contribution in [3.8, 4) is 0 Å². The second kappa shape index (κ2) is 7.27. The van der Waals surface area contributed by atoms with E-state index in [9.17, 15) is 4.79 Å². The van der Waals surface area contributed by atoms with E-state index in [0.717, 1.165) is 37.4 Å². The van der Waals surface area contributed by atoms with Gasteiger partial charge in [0.25, 0.3) is 5.91 Å². The fraction of sp³-hybridized carbons (Fsp3) is 0.625. The van der Waals surface area contributed by atoms with Gasteiger partial charge in [-0.1, -0.05) is 13.8 Å². The summed E-state index contributed by atoms with van der Waals surface area (Å²) in [6.45, 7) is 5.31. The molecule has 20 heavy (non-hydrogen) atoms. The second-order valence-corrected chi connectivity index (χ2v) is 5.79. The lowest BCUT2D eigenvalue weighted by Crippen LogP contribution is -2.37. The number of amides is 1. The number of hydrogen-bond donors (Lipinski definition) is 2. The summed E-state index contributed by atoms with van der Waals surface area (Å²) in [5, 5.41) is 6.39. The summed E-state index contributed by atoms with van der Waals surface area (Å²) >= 11 is 0. The minimum Gasteiger partial charge on any atom is -0.385 e. The molecule has 4 heteroatoms. The first-order valence-corrected chi connectivity index (χ1v) is 7.69. The van der Waals surface area contributed by atoms with Gasteiger partial charge in [-0.2, -0.15) is 0 Å². The van der Waals surface area contributed by atoms with Gasteiger partial charge in [0.15, 0.2) is 0 Å². The third-order valence-corrected chi connectivity index (χ3v) is 3.92. The molecule has 110 valence electrons. The summed E-state index contributed by atoms with van der Waals surface area (Å²) in [5.74, 6) is 0.743. The van der Waals surface area contributed by atoms with Gasteiger partial charge in [-0.05, 0) is 50.2 Å². The molecule has 2 rings (SSSR count). The zero-order chi connectivity index (χ0) is 14.4. The molecular formula is C16H25N3O. The van der Waals surface area contributed by atoms with Gasteiger partial charge in [0.05, 0.1) is 0 Å². The van der Waals surface area contributed by atoms with Crippen molar-refractivity contribution in [3.63, 3.8) is 0 Å². The lowest BCUT2D eigenvalue weighted by atomic mass is 9.87. The maximum absolute atomic E-state index is 12.2. The first-order valence-electron chi connectivity index (χ1n) is 7.69. The number of pyridine rings is 1. The number of anilines is 1. The average molecular weight is 275 g/mol. The van der Waals surface area contributed by atoms with Crippen LogP contribution in [0.3, 0.4) is 0 Å². The Morgan fingerprint density at radius 2 is 2.10 bits per heavy atom. The molecule has 0 radical (unpaired) electrons. The number of hydrogen-bond acceptors (Lipinski definition) is 3. The van der Waals surface area contributed by atoms with Crippen molar-refractivity contribution in [2.45, 2.75) is 52.0 Å². The van der Waals surface area contributed by atoms with Crippen molar-refractivity contribution in [1.29, 1.82) is 0 Å². The van der Waals surface area contributed by atoms with Gasteiger partial charge in [0.1, 0.15) is 5.69 Å². The molecule has 1 heterocycles. The molecule has 1 aromatic rings. The highest BCUT2D eigenvalue weighted by Crippen LogP contribution is 2.23. The Morgan fingerprint density at radius 3 is 2.80 bits per heavy atom. The van der Waals surface area contributed by atoms with Crippen LogP contribution in [0.4, 0.5) is 5.69 Å². The summed E-state index contributed by atoms with van der Waals surface area (Å²) in [6, 6.07) is 4.04. The van der Waals surface area contributed by atoms with E-state index in [4.69, 9.17) is 0 Å². The number of aromatic nitrogens is 1. The molecule has 0 aliphatic heterocycles. The lowest BCUT2D eigenvalue weighted by Gasteiger charge is -2.26. The number of carbonyl (C=O) groups is 1. The second-order valence-electron chi connectivity index (χ2n) is 5.79. The predicted octanol–water partition coefficient (Wildman–Crippen LogP) is 3.21. The maximum Gasteiger partial charge on any atom is 0.270 e. The minimum atomic E-state index is -0.0512. The van der Waals surface area contributed by atoms with Crippen LogP contribution < -0.4 is 10.6 Å². The first-order chi connectivity index (χ1) is 9.69. The number of rotatable bonds is 5. The largest absolute Gasteiger partial charge is 0.385 e. The fourth-order valence-electron chi connectivity index (χ4n) is 2.60. The summed E-state index contributed by atoms with van der Waals surface area (Å²) < 4.78 is 0. The van der Waals surface area contributed by atoms with Crippen molar-refractivity contribution in [2.75, 3.05) is 11.9 Å². The Balaban J connectivity index is 1.91. The molecule has 0 spiro atoms. The summed E-state index contributed by atoms with van der Waals surface area (Å²) in [6.07, 6.45) is 7.33. The van der Waals surface area contributed by atoms with Gasteiger partial charge < -0.3 is 10.6 Å². The lowest BCUT2D eigenvalue weighted by molar-refractivity contribution is 0.0918. The van der Waals surface area contributed by atoms with Crippen LogP contribution in [0.5, 0.6) is 0 Å². The van der Waals surface area contributed by atoms with Crippen LogP contribution in [0.15, 0.2) is 18.3 Å². The molecule has 1 aliphatic carbocycles. The quantitative estimate of drug-likeness (QED) is 0.867. The average Bonchev–Trinajstić information content (AvgIpc) is 2.48. The summed E-state index contributed by atoms with van der Waals surface area (Å²) in [5.41, 5.74) is 1.47. The normalized spacial score (nSPS) is 22.3. The molecule has 1 saturated carbocycles. The zero-order valence-corrected chi connectivity index (χ0v) is 12.5. The van der Waals surface area contributed by atoms with Gasteiger partial charge in [0, 0.05) is 24.5 Å². The van der Waals surface area contributed by atoms with E-state index in [2.05, 4.69) is 29.5 Å². The SMILES string of the molecule is CCCNc1ccnc(C(=O)NC2CCC(C)CC2)c1. The Kier molecular flexibility index (Phi) is 5.39. The van der Waals surface area contributed by atoms with E-state index < -0.39 is 0 Å². The third-order valence-electron chi connectivity index (χ3n) is 3.92. The third kappa shape index (κ3) is 4.22. The summed E-state index contributed by atoms with van der Waals surface area (Å²) in [7, 11) is 0. The predicted molar refractivity (Wildman–Crippen MR) is 81.9 cm³/mol. The van der Waals surface area contributed by atoms with E-state index in [1.165, 1.54) is 12.8 Å². The van der Waals surface area contributed by atoms with Gasteiger partial charge in [-0.3, -0.25) is 9.78 Å². The highest BCUT2D eigenvalue weighted by atomic mass is 16.1.